The van der Waals surface area contributed by atoms with E-state index >= 15 is 0 Å². The standard InChI is InChI=1S/C14H22N8O8S/c1-21(3-2-8(23)20-16)28-4-7-11(30-31(25,26)27)10(24)14(29-7)22-6-19-9-12(15)17-5-18-13(9)22/h5-7,10-11,14,24H,2-4,16H2,1H3,(H,20,23)(H2,15,17,18)(H,25,26,27)/t7-,10-,11-,14-/m1/s1. The molecular formula is C14H22N8O8S. The van der Waals surface area contributed by atoms with Crippen molar-refractivity contribution in [2.24, 2.45) is 5.84 Å². The summed E-state index contributed by atoms with van der Waals surface area (Å²) in [6.45, 7) is -0.119. The lowest BCUT2D eigenvalue weighted by Crippen LogP contribution is -2.40. The van der Waals surface area contributed by atoms with Crippen LogP contribution in [0.2, 0.25) is 0 Å². The summed E-state index contributed by atoms with van der Waals surface area (Å²) in [5, 5.41) is 12.0. The third-order valence-electron chi connectivity index (χ3n) is 4.48. The van der Waals surface area contributed by atoms with E-state index in [1.54, 1.807) is 0 Å². The van der Waals surface area contributed by atoms with Crippen molar-refractivity contribution in [3.8, 4) is 0 Å². The van der Waals surface area contributed by atoms with E-state index in [9.17, 15) is 18.3 Å². The summed E-state index contributed by atoms with van der Waals surface area (Å²) in [6, 6.07) is 0. The number of hydrogen-bond donors (Lipinski definition) is 5. The van der Waals surface area contributed by atoms with Gasteiger partial charge in [-0.25, -0.2) is 25.0 Å². The monoisotopic (exact) mass is 462 g/mol. The second-order valence-corrected chi connectivity index (χ2v) is 7.64. The fourth-order valence-corrected chi connectivity index (χ4v) is 3.51. The summed E-state index contributed by atoms with van der Waals surface area (Å²) in [5.74, 6) is 4.70. The van der Waals surface area contributed by atoms with Gasteiger partial charge in [0.05, 0.1) is 12.9 Å². The van der Waals surface area contributed by atoms with Crippen molar-refractivity contribution < 1.29 is 36.6 Å². The fraction of sp³-hybridized carbons (Fsp3) is 0.571. The smallest absolute Gasteiger partial charge is 0.385 e. The summed E-state index contributed by atoms with van der Waals surface area (Å²) < 4.78 is 43.4. The first kappa shape index (κ1) is 23.2. The number of hydrazine groups is 1. The summed E-state index contributed by atoms with van der Waals surface area (Å²) in [5.41, 5.74) is 8.21. The number of nitrogen functional groups attached to an aromatic ring is 1. The lowest BCUT2D eigenvalue weighted by molar-refractivity contribution is -0.178. The maximum atomic E-state index is 11.3. The Morgan fingerprint density at radius 3 is 2.84 bits per heavy atom. The summed E-state index contributed by atoms with van der Waals surface area (Å²) in [4.78, 5) is 28.6. The number of nitrogens with two attached hydrogens (primary N) is 2. The van der Waals surface area contributed by atoms with Crippen molar-refractivity contribution in [2.45, 2.75) is 31.0 Å². The highest BCUT2D eigenvalue weighted by atomic mass is 32.3. The van der Waals surface area contributed by atoms with Crippen LogP contribution >= 0.6 is 0 Å². The summed E-state index contributed by atoms with van der Waals surface area (Å²) in [6.07, 6.45) is -2.88. The predicted octanol–water partition coefficient (Wildman–Crippen LogP) is -2.90. The van der Waals surface area contributed by atoms with Crippen molar-refractivity contribution in [1.29, 1.82) is 0 Å². The molecule has 3 rings (SSSR count). The molecule has 0 saturated carbocycles. The van der Waals surface area contributed by atoms with Gasteiger partial charge in [-0.05, 0) is 0 Å². The van der Waals surface area contributed by atoms with Crippen LogP contribution < -0.4 is 17.0 Å². The molecule has 172 valence electrons. The van der Waals surface area contributed by atoms with E-state index < -0.39 is 40.8 Å². The van der Waals surface area contributed by atoms with Crippen LogP contribution in [0, 0.1) is 0 Å². The maximum Gasteiger partial charge on any atom is 0.397 e. The van der Waals surface area contributed by atoms with E-state index in [2.05, 4.69) is 19.1 Å². The number of nitrogens with zero attached hydrogens (tertiary/aromatic N) is 5. The van der Waals surface area contributed by atoms with E-state index in [1.807, 2.05) is 5.43 Å². The molecule has 16 nitrogen and oxygen atoms in total. The number of amides is 1. The zero-order valence-corrected chi connectivity index (χ0v) is 17.0. The van der Waals surface area contributed by atoms with Gasteiger partial charge in [0.25, 0.3) is 0 Å². The number of hydrogen-bond acceptors (Lipinski definition) is 13. The molecule has 0 unspecified atom stereocenters. The molecule has 0 aliphatic carbocycles. The van der Waals surface area contributed by atoms with Crippen molar-refractivity contribution in [2.75, 3.05) is 25.9 Å². The second-order valence-electron chi connectivity index (χ2n) is 6.59. The molecular weight excluding hydrogens is 440 g/mol. The second kappa shape index (κ2) is 9.32. The minimum absolute atomic E-state index is 0.0386. The van der Waals surface area contributed by atoms with Gasteiger partial charge in [0.2, 0.25) is 5.91 Å². The summed E-state index contributed by atoms with van der Waals surface area (Å²) >= 11 is 0. The van der Waals surface area contributed by atoms with E-state index in [1.165, 1.54) is 29.3 Å². The Hall–Kier alpha value is -2.51. The SMILES string of the molecule is CN(CCC(=O)NN)OC[C@H]1O[C@@H](n2cnc3c(N)ncnc32)[C@H](O)[C@@H]1OS(=O)(=O)O. The number of hydroxylamine groups is 2. The van der Waals surface area contributed by atoms with E-state index in [0.717, 1.165) is 0 Å². The molecule has 31 heavy (non-hydrogen) atoms. The Morgan fingerprint density at radius 2 is 2.16 bits per heavy atom. The van der Waals surface area contributed by atoms with E-state index in [4.69, 9.17) is 25.7 Å². The van der Waals surface area contributed by atoms with Gasteiger partial charge in [0, 0.05) is 20.0 Å². The number of aromatic nitrogens is 4. The lowest BCUT2D eigenvalue weighted by atomic mass is 10.1. The van der Waals surface area contributed by atoms with Crippen molar-refractivity contribution in [3.05, 3.63) is 12.7 Å². The minimum atomic E-state index is -4.92. The Bertz CT molecular complexity index is 1030. The number of aliphatic hydroxyl groups is 1. The fourth-order valence-electron chi connectivity index (χ4n) is 3.00. The highest BCUT2D eigenvalue weighted by Gasteiger charge is 2.48. The third-order valence-corrected chi connectivity index (χ3v) is 4.94. The number of imidazole rings is 1. The molecule has 1 aliphatic heterocycles. The molecule has 17 heteroatoms. The average Bonchev–Trinajstić information content (AvgIpc) is 3.26. The number of aliphatic hydroxyl groups excluding tert-OH is 1. The van der Waals surface area contributed by atoms with Crippen molar-refractivity contribution in [1.82, 2.24) is 30.0 Å². The van der Waals surface area contributed by atoms with Gasteiger partial charge < -0.3 is 15.6 Å². The maximum absolute atomic E-state index is 11.3. The van der Waals surface area contributed by atoms with Gasteiger partial charge in [-0.2, -0.15) is 13.5 Å². The molecule has 2 aromatic heterocycles. The Morgan fingerprint density at radius 1 is 1.42 bits per heavy atom. The van der Waals surface area contributed by atoms with Crippen LogP contribution in [0.25, 0.3) is 11.2 Å². The van der Waals surface area contributed by atoms with Crippen LogP contribution in [0.1, 0.15) is 12.6 Å². The Kier molecular flexibility index (Phi) is 6.96. The first-order chi connectivity index (χ1) is 14.6. The molecule has 3 heterocycles. The highest BCUT2D eigenvalue weighted by Crippen LogP contribution is 2.34. The van der Waals surface area contributed by atoms with Crippen molar-refractivity contribution in [3.63, 3.8) is 0 Å². The van der Waals surface area contributed by atoms with Crippen LogP contribution in [0.4, 0.5) is 5.82 Å². The zero-order chi connectivity index (χ0) is 22.8. The Balaban J connectivity index is 1.77. The molecule has 1 saturated heterocycles. The largest absolute Gasteiger partial charge is 0.397 e. The third kappa shape index (κ3) is 5.40. The molecule has 1 fully saturated rings. The summed E-state index contributed by atoms with van der Waals surface area (Å²) in [7, 11) is -3.40. The molecule has 0 radical (unpaired) electrons. The van der Waals surface area contributed by atoms with Gasteiger partial charge in [0.1, 0.15) is 30.2 Å². The number of carbonyl (C=O) groups is 1. The molecule has 1 amide bonds. The van der Waals surface area contributed by atoms with Crippen LogP contribution in [0.5, 0.6) is 0 Å². The van der Waals surface area contributed by atoms with Gasteiger partial charge in [-0.3, -0.25) is 24.2 Å². The topological polar surface area (TPSA) is 230 Å². The number of fused-ring (bicyclic) bond motifs is 1. The molecule has 0 spiro atoms. The number of ether oxygens (including phenoxy) is 1. The van der Waals surface area contributed by atoms with Gasteiger partial charge in [-0.1, -0.05) is 0 Å². The molecule has 0 bridgehead atoms. The zero-order valence-electron chi connectivity index (χ0n) is 16.2. The first-order valence-corrected chi connectivity index (χ1v) is 10.2. The number of carbonyl (C=O) groups excluding carboxylic acids is 1. The molecule has 2 aromatic rings. The number of nitrogens with one attached hydrogen (secondary N) is 1. The average molecular weight is 462 g/mol. The molecule has 7 N–H and O–H groups in total. The van der Waals surface area contributed by atoms with Crippen LogP contribution in [0.3, 0.4) is 0 Å². The Labute approximate surface area is 176 Å². The van der Waals surface area contributed by atoms with Crippen LogP contribution in [-0.4, -0.2) is 87.1 Å². The normalized spacial score (nSPS) is 24.2. The van der Waals surface area contributed by atoms with E-state index in [-0.39, 0.29) is 36.6 Å². The lowest BCUT2D eigenvalue weighted by Gasteiger charge is -2.21. The van der Waals surface area contributed by atoms with Crippen LogP contribution in [-0.2, 0) is 29.0 Å². The molecule has 1 aliphatic rings. The molecule has 4 atom stereocenters. The van der Waals surface area contributed by atoms with E-state index in [0.29, 0.717) is 0 Å². The first-order valence-electron chi connectivity index (χ1n) is 8.86. The quantitative estimate of drug-likeness (QED) is 0.109. The number of rotatable bonds is 9. The van der Waals surface area contributed by atoms with Gasteiger partial charge >= 0.3 is 10.4 Å². The predicted molar refractivity (Wildman–Crippen MR) is 102 cm³/mol. The minimum Gasteiger partial charge on any atom is -0.385 e. The number of anilines is 1. The molecule has 0 aromatic carbocycles. The highest BCUT2D eigenvalue weighted by molar-refractivity contribution is 7.80. The van der Waals surface area contributed by atoms with Gasteiger partial charge in [0.15, 0.2) is 17.7 Å². The van der Waals surface area contributed by atoms with Gasteiger partial charge in [-0.15, -0.1) is 0 Å². The van der Waals surface area contributed by atoms with Crippen LogP contribution in [0.15, 0.2) is 12.7 Å². The van der Waals surface area contributed by atoms with Crippen molar-refractivity contribution >= 4 is 33.3 Å².